The summed E-state index contributed by atoms with van der Waals surface area (Å²) in [7, 11) is 0. The lowest BCUT2D eigenvalue weighted by atomic mass is 10.1. The normalized spacial score (nSPS) is 11.1. The molecule has 0 saturated heterocycles. The van der Waals surface area contributed by atoms with Crippen LogP contribution in [-0.2, 0) is 0 Å². The molecule has 0 saturated carbocycles. The molecule has 4 heteroatoms. The van der Waals surface area contributed by atoms with Crippen molar-refractivity contribution < 1.29 is 5.21 Å². The van der Waals surface area contributed by atoms with Gasteiger partial charge in [-0.2, -0.15) is 0 Å². The van der Waals surface area contributed by atoms with Gasteiger partial charge in [-0.1, -0.05) is 29.1 Å². The van der Waals surface area contributed by atoms with Gasteiger partial charge in [0.05, 0.1) is 11.6 Å². The number of nitrogens with zero attached hydrogens (tertiary/aromatic N) is 3. The highest BCUT2D eigenvalue weighted by atomic mass is 16.5. The Morgan fingerprint density at radius 3 is 2.86 bits per heavy atom. The Morgan fingerprint density at radius 1 is 1.07 bits per heavy atom. The lowest BCUT2D eigenvalue weighted by molar-refractivity contribution is 0.159. The van der Waals surface area contributed by atoms with Crippen LogP contribution in [0.25, 0.3) is 21.8 Å². The first kappa shape index (κ1) is 7.32. The van der Waals surface area contributed by atoms with Gasteiger partial charge in [-0.3, -0.25) is 0 Å². The zero-order valence-corrected chi connectivity index (χ0v) is 7.25. The number of hydrogen-bond acceptors (Lipinski definition) is 3. The van der Waals surface area contributed by atoms with E-state index >= 15 is 0 Å². The van der Waals surface area contributed by atoms with Crippen molar-refractivity contribution in [1.82, 2.24) is 14.9 Å². The van der Waals surface area contributed by atoms with Gasteiger partial charge in [0, 0.05) is 11.6 Å². The van der Waals surface area contributed by atoms with E-state index in [4.69, 9.17) is 0 Å². The number of hydrogen-bond donors (Lipinski definition) is 1. The van der Waals surface area contributed by atoms with Crippen LogP contribution in [0.5, 0.6) is 0 Å². The Hall–Kier alpha value is -2.10. The molecule has 0 aliphatic rings. The summed E-state index contributed by atoms with van der Waals surface area (Å²) in [6, 6.07) is 7.88. The van der Waals surface area contributed by atoms with E-state index in [9.17, 15) is 5.21 Å². The molecule has 0 aliphatic carbocycles. The number of benzene rings is 1. The summed E-state index contributed by atoms with van der Waals surface area (Å²) in [4.78, 5) is 4.91. The molecule has 14 heavy (non-hydrogen) atoms. The lowest BCUT2D eigenvalue weighted by Crippen LogP contribution is -1.92. The average Bonchev–Trinajstić information content (AvgIpc) is 2.61. The van der Waals surface area contributed by atoms with Crippen molar-refractivity contribution in [3.05, 3.63) is 36.7 Å². The highest BCUT2D eigenvalue weighted by Gasteiger charge is 2.05. The molecule has 2 heterocycles. The van der Waals surface area contributed by atoms with Crippen LogP contribution in [-0.4, -0.2) is 20.1 Å². The second-order valence-corrected chi connectivity index (χ2v) is 3.12. The minimum absolute atomic E-state index is 0.490. The van der Waals surface area contributed by atoms with E-state index in [1.54, 1.807) is 12.4 Å². The summed E-state index contributed by atoms with van der Waals surface area (Å²) < 4.78 is 0. The fourth-order valence-electron chi connectivity index (χ4n) is 1.63. The number of aromatic nitrogens is 3. The Morgan fingerprint density at radius 2 is 1.93 bits per heavy atom. The molecule has 2 aromatic heterocycles. The van der Waals surface area contributed by atoms with Crippen molar-refractivity contribution in [3.8, 4) is 0 Å². The van der Waals surface area contributed by atoms with Crippen LogP contribution in [0.1, 0.15) is 0 Å². The molecule has 0 fully saturated rings. The first-order valence-corrected chi connectivity index (χ1v) is 4.27. The molecular weight excluding hydrogens is 178 g/mol. The highest BCUT2D eigenvalue weighted by Crippen LogP contribution is 2.21. The first-order chi connectivity index (χ1) is 6.86. The molecule has 0 aliphatic heterocycles. The zero-order valence-electron chi connectivity index (χ0n) is 7.25. The van der Waals surface area contributed by atoms with Crippen molar-refractivity contribution in [1.29, 1.82) is 0 Å². The van der Waals surface area contributed by atoms with Gasteiger partial charge in [0.15, 0.2) is 5.65 Å². The van der Waals surface area contributed by atoms with Crippen LogP contribution in [0.2, 0.25) is 0 Å². The van der Waals surface area contributed by atoms with Gasteiger partial charge >= 0.3 is 0 Å². The second kappa shape index (κ2) is 2.45. The van der Waals surface area contributed by atoms with Crippen LogP contribution in [0.3, 0.4) is 0 Å². The van der Waals surface area contributed by atoms with Crippen molar-refractivity contribution in [3.63, 3.8) is 0 Å². The summed E-state index contributed by atoms with van der Waals surface area (Å²) in [6.07, 6.45) is 3.34. The van der Waals surface area contributed by atoms with E-state index in [1.807, 2.05) is 24.3 Å². The summed E-state index contributed by atoms with van der Waals surface area (Å²) in [5, 5.41) is 16.0. The Kier molecular flexibility index (Phi) is 1.28. The maximum Gasteiger partial charge on any atom is 0.199 e. The summed E-state index contributed by atoms with van der Waals surface area (Å²) in [6.45, 7) is 0. The molecule has 4 nitrogen and oxygen atoms in total. The third kappa shape index (κ3) is 0.821. The van der Waals surface area contributed by atoms with Crippen LogP contribution in [0.4, 0.5) is 0 Å². The van der Waals surface area contributed by atoms with Gasteiger partial charge < -0.3 is 5.21 Å². The number of fused-ring (bicyclic) bond motifs is 3. The van der Waals surface area contributed by atoms with Crippen LogP contribution in [0, 0.1) is 0 Å². The summed E-state index contributed by atoms with van der Waals surface area (Å²) in [5.74, 6) is 0. The molecule has 3 rings (SSSR count). The van der Waals surface area contributed by atoms with Crippen molar-refractivity contribution in [2.75, 3.05) is 0 Å². The van der Waals surface area contributed by atoms with Crippen molar-refractivity contribution in [2.45, 2.75) is 0 Å². The maximum absolute atomic E-state index is 9.31. The van der Waals surface area contributed by atoms with Crippen molar-refractivity contribution in [2.24, 2.45) is 0 Å². The molecule has 1 N–H and O–H groups in total. The van der Waals surface area contributed by atoms with Crippen LogP contribution in [0.15, 0.2) is 36.7 Å². The van der Waals surface area contributed by atoms with E-state index in [2.05, 4.69) is 10.1 Å². The monoisotopic (exact) mass is 185 g/mol. The Bertz CT molecular complexity index is 615. The van der Waals surface area contributed by atoms with Gasteiger partial charge in [0.1, 0.15) is 0 Å². The fourth-order valence-corrected chi connectivity index (χ4v) is 1.63. The molecule has 0 unspecified atom stereocenters. The second-order valence-electron chi connectivity index (χ2n) is 3.12. The van der Waals surface area contributed by atoms with Gasteiger partial charge in [-0.05, 0) is 5.39 Å². The smallest absolute Gasteiger partial charge is 0.199 e. The maximum atomic E-state index is 9.31. The summed E-state index contributed by atoms with van der Waals surface area (Å²) in [5.41, 5.74) is 0.490. The molecule has 0 atom stereocenters. The molecule has 1 aromatic carbocycles. The summed E-state index contributed by atoms with van der Waals surface area (Å²) >= 11 is 0. The topological polar surface area (TPSA) is 50.9 Å². The Balaban J connectivity index is 2.61. The predicted molar refractivity (Wildman–Crippen MR) is 52.2 cm³/mol. The van der Waals surface area contributed by atoms with E-state index in [0.717, 1.165) is 21.0 Å². The molecule has 68 valence electrons. The predicted octanol–water partition coefficient (Wildman–Crippen LogP) is 1.82. The zero-order chi connectivity index (χ0) is 9.54. The third-order valence-corrected chi connectivity index (χ3v) is 2.30. The Labute approximate surface area is 79.4 Å². The largest absolute Gasteiger partial charge is 0.410 e. The molecule has 0 radical (unpaired) electrons. The molecule has 3 aromatic rings. The van der Waals surface area contributed by atoms with E-state index in [0.29, 0.717) is 5.65 Å². The van der Waals surface area contributed by atoms with E-state index in [1.165, 1.54) is 0 Å². The minimum atomic E-state index is 0.490. The average molecular weight is 185 g/mol. The van der Waals surface area contributed by atoms with Gasteiger partial charge in [0.25, 0.3) is 0 Å². The van der Waals surface area contributed by atoms with Crippen molar-refractivity contribution >= 4 is 21.8 Å². The quantitative estimate of drug-likeness (QED) is 0.543. The third-order valence-electron chi connectivity index (χ3n) is 2.30. The van der Waals surface area contributed by atoms with E-state index in [-0.39, 0.29) is 0 Å². The number of pyridine rings is 1. The fraction of sp³-hybridized carbons (Fsp3) is 0. The van der Waals surface area contributed by atoms with Crippen LogP contribution < -0.4 is 0 Å². The first-order valence-electron chi connectivity index (χ1n) is 4.27. The standard InChI is InChI=1S/C10H7N3O/c14-13-10-9(6-12-13)8-4-2-1-3-7(8)5-11-10/h1-6,14H. The van der Waals surface area contributed by atoms with E-state index < -0.39 is 0 Å². The molecule has 0 spiro atoms. The lowest BCUT2D eigenvalue weighted by Gasteiger charge is -1.97. The SMILES string of the molecule is On1ncc2c3ccccc3cnc21. The molecular formula is C10H7N3O. The molecule has 0 bridgehead atoms. The van der Waals surface area contributed by atoms with Gasteiger partial charge in [-0.25, -0.2) is 4.98 Å². The van der Waals surface area contributed by atoms with Gasteiger partial charge in [-0.15, -0.1) is 5.10 Å². The highest BCUT2D eigenvalue weighted by molar-refractivity contribution is 6.03. The van der Waals surface area contributed by atoms with Gasteiger partial charge in [0.2, 0.25) is 0 Å². The minimum Gasteiger partial charge on any atom is -0.410 e. The van der Waals surface area contributed by atoms with Crippen LogP contribution >= 0.6 is 0 Å². The molecule has 0 amide bonds. The number of rotatable bonds is 0.